The van der Waals surface area contributed by atoms with Gasteiger partial charge >= 0.3 is 0 Å². The van der Waals surface area contributed by atoms with Crippen LogP contribution in [0, 0.1) is 23.6 Å². The van der Waals surface area contributed by atoms with E-state index >= 15 is 0 Å². The summed E-state index contributed by atoms with van der Waals surface area (Å²) in [5.41, 5.74) is 8.53. The Morgan fingerprint density at radius 1 is 0.885 bits per heavy atom. The van der Waals surface area contributed by atoms with Gasteiger partial charge in [-0.1, -0.05) is 11.8 Å². The van der Waals surface area contributed by atoms with Crippen LogP contribution in [0.5, 0.6) is 0 Å². The summed E-state index contributed by atoms with van der Waals surface area (Å²) in [6.07, 6.45) is 1.80. The molecule has 2 N–H and O–H groups in total. The molecule has 0 aliphatic carbocycles. The van der Waals surface area contributed by atoms with Crippen LogP contribution in [0.4, 0.5) is 14.5 Å². The summed E-state index contributed by atoms with van der Waals surface area (Å²) in [6.45, 7) is 0. The van der Waals surface area contributed by atoms with Gasteiger partial charge in [0, 0.05) is 22.8 Å². The van der Waals surface area contributed by atoms with Crippen LogP contribution < -0.4 is 5.73 Å². The van der Waals surface area contributed by atoms with E-state index in [1.54, 1.807) is 35.0 Å². The minimum absolute atomic E-state index is 0.322. The van der Waals surface area contributed by atoms with Crippen molar-refractivity contribution in [3.05, 3.63) is 89.8 Å². The fraction of sp³-hybridized carbons (Fsp3) is 0. The van der Waals surface area contributed by atoms with Gasteiger partial charge in [-0.25, -0.2) is 9.37 Å². The van der Waals surface area contributed by atoms with Gasteiger partial charge in [0.05, 0.1) is 11.1 Å². The summed E-state index contributed by atoms with van der Waals surface area (Å²) in [7, 11) is 0. The number of nitrogen functional groups attached to an aromatic ring is 1. The number of nitrogens with two attached hydrogens (primary N) is 1. The molecule has 4 aromatic rings. The van der Waals surface area contributed by atoms with E-state index < -0.39 is 5.95 Å². The van der Waals surface area contributed by atoms with Gasteiger partial charge < -0.3 is 10.3 Å². The summed E-state index contributed by atoms with van der Waals surface area (Å²) in [5, 5.41) is 0.925. The second-order valence-electron chi connectivity index (χ2n) is 5.77. The summed E-state index contributed by atoms with van der Waals surface area (Å²) in [4.78, 5) is 4.02. The van der Waals surface area contributed by atoms with Crippen molar-refractivity contribution in [3.8, 4) is 17.7 Å². The smallest absolute Gasteiger partial charge is 0.214 e. The van der Waals surface area contributed by atoms with Crippen LogP contribution in [0.1, 0.15) is 11.1 Å². The molecule has 0 unspecified atom stereocenters. The van der Waals surface area contributed by atoms with E-state index in [1.807, 2.05) is 18.2 Å². The highest BCUT2D eigenvalue weighted by Gasteiger charge is 2.10. The molecule has 26 heavy (non-hydrogen) atoms. The number of hydrogen-bond acceptors (Lipinski definition) is 2. The third-order valence-corrected chi connectivity index (χ3v) is 3.97. The molecule has 4 rings (SSSR count). The summed E-state index contributed by atoms with van der Waals surface area (Å²) in [5.74, 6) is 5.42. The highest BCUT2D eigenvalue weighted by Crippen LogP contribution is 2.23. The molecule has 0 bridgehead atoms. The Labute approximate surface area is 148 Å². The second kappa shape index (κ2) is 6.34. The molecule has 0 fully saturated rings. The van der Waals surface area contributed by atoms with E-state index in [4.69, 9.17) is 5.73 Å². The summed E-state index contributed by atoms with van der Waals surface area (Å²) < 4.78 is 28.6. The molecule has 3 nitrogen and oxygen atoms in total. The largest absolute Gasteiger partial charge is 0.399 e. The maximum absolute atomic E-state index is 13.8. The number of hydrogen-bond donors (Lipinski definition) is 1. The molecular formula is C21H13F2N3. The maximum Gasteiger partial charge on any atom is 0.214 e. The molecule has 0 radical (unpaired) electrons. The van der Waals surface area contributed by atoms with E-state index in [9.17, 15) is 8.78 Å². The topological polar surface area (TPSA) is 43.8 Å². The van der Waals surface area contributed by atoms with Crippen molar-refractivity contribution < 1.29 is 8.78 Å². The fourth-order valence-corrected chi connectivity index (χ4v) is 2.72. The Kier molecular flexibility index (Phi) is 3.86. The zero-order valence-corrected chi connectivity index (χ0v) is 13.6. The molecule has 0 aliphatic heterocycles. The number of nitrogens with zero attached hydrogens (tertiary/aromatic N) is 2. The average molecular weight is 345 g/mol. The van der Waals surface area contributed by atoms with Crippen molar-refractivity contribution in [2.45, 2.75) is 0 Å². The van der Waals surface area contributed by atoms with Crippen LogP contribution in [0.15, 0.2) is 66.9 Å². The first-order valence-electron chi connectivity index (χ1n) is 7.91. The van der Waals surface area contributed by atoms with Gasteiger partial charge in [-0.2, -0.15) is 4.39 Å². The predicted octanol–water partition coefficient (Wildman–Crippen LogP) is 4.29. The molecule has 126 valence electrons. The van der Waals surface area contributed by atoms with Gasteiger partial charge in [-0.3, -0.25) is 0 Å². The van der Waals surface area contributed by atoms with Crippen LogP contribution in [-0.2, 0) is 0 Å². The number of aromatic nitrogens is 2. The maximum atomic E-state index is 13.8. The van der Waals surface area contributed by atoms with Gasteiger partial charge in [-0.05, 0) is 60.7 Å². The Balaban J connectivity index is 1.84. The molecule has 0 atom stereocenters. The van der Waals surface area contributed by atoms with Crippen molar-refractivity contribution in [2.24, 2.45) is 0 Å². The van der Waals surface area contributed by atoms with Gasteiger partial charge in [0.15, 0.2) is 5.82 Å². The van der Waals surface area contributed by atoms with Gasteiger partial charge in [0.2, 0.25) is 5.95 Å². The first-order chi connectivity index (χ1) is 12.6. The number of pyridine rings is 1. The predicted molar refractivity (Wildman–Crippen MR) is 97.8 cm³/mol. The number of anilines is 1. The monoisotopic (exact) mass is 345 g/mol. The fourth-order valence-electron chi connectivity index (χ4n) is 2.72. The average Bonchev–Trinajstić information content (AvgIpc) is 3.04. The summed E-state index contributed by atoms with van der Waals surface area (Å²) in [6, 6.07) is 16.1. The highest BCUT2D eigenvalue weighted by molar-refractivity contribution is 5.85. The lowest BCUT2D eigenvalue weighted by atomic mass is 10.2. The standard InChI is InChI=1S/C21H13F2N3/c22-17-6-2-14(3-7-17)1-4-15-5-10-20(23)25-21(15)26-12-11-16-13-18(24)8-9-19(16)26/h2-3,5-13H,24H2. The molecule has 0 saturated heterocycles. The molecule has 0 amide bonds. The Hall–Kier alpha value is -3.65. The van der Waals surface area contributed by atoms with Crippen LogP contribution in [0.25, 0.3) is 16.7 Å². The molecule has 2 heterocycles. The van der Waals surface area contributed by atoms with Crippen LogP contribution in [-0.4, -0.2) is 9.55 Å². The van der Waals surface area contributed by atoms with Crippen molar-refractivity contribution in [1.29, 1.82) is 0 Å². The number of rotatable bonds is 1. The number of halogens is 2. The highest BCUT2D eigenvalue weighted by atomic mass is 19.1. The minimum Gasteiger partial charge on any atom is -0.399 e. The lowest BCUT2D eigenvalue weighted by molar-refractivity contribution is 0.580. The van der Waals surface area contributed by atoms with Crippen molar-refractivity contribution in [2.75, 3.05) is 5.73 Å². The number of fused-ring (bicyclic) bond motifs is 1. The van der Waals surface area contributed by atoms with Gasteiger partial charge in [-0.15, -0.1) is 0 Å². The SMILES string of the molecule is Nc1ccc2c(ccn2-c2nc(F)ccc2C#Cc2ccc(F)cc2)c1. The van der Waals surface area contributed by atoms with E-state index in [0.29, 0.717) is 22.6 Å². The van der Waals surface area contributed by atoms with Crippen LogP contribution >= 0.6 is 0 Å². The summed E-state index contributed by atoms with van der Waals surface area (Å²) >= 11 is 0. The molecular weight excluding hydrogens is 332 g/mol. The van der Waals surface area contributed by atoms with Gasteiger partial charge in [0.1, 0.15) is 5.82 Å². The van der Waals surface area contributed by atoms with Crippen molar-refractivity contribution >= 4 is 16.6 Å². The quantitative estimate of drug-likeness (QED) is 0.318. The van der Waals surface area contributed by atoms with E-state index in [-0.39, 0.29) is 5.82 Å². The zero-order chi connectivity index (χ0) is 18.1. The Bertz CT molecular complexity index is 1170. The Morgan fingerprint density at radius 2 is 1.69 bits per heavy atom. The molecule has 0 spiro atoms. The Morgan fingerprint density at radius 3 is 2.50 bits per heavy atom. The second-order valence-corrected chi connectivity index (χ2v) is 5.77. The van der Waals surface area contributed by atoms with E-state index in [0.717, 1.165) is 10.9 Å². The third kappa shape index (κ3) is 3.01. The molecule has 0 aliphatic rings. The third-order valence-electron chi connectivity index (χ3n) is 3.97. The number of benzene rings is 2. The van der Waals surface area contributed by atoms with Crippen LogP contribution in [0.3, 0.4) is 0 Å². The lowest BCUT2D eigenvalue weighted by Crippen LogP contribution is -2.01. The molecule has 0 saturated carbocycles. The van der Waals surface area contributed by atoms with Crippen molar-refractivity contribution in [1.82, 2.24) is 9.55 Å². The lowest BCUT2D eigenvalue weighted by Gasteiger charge is -2.07. The first-order valence-corrected chi connectivity index (χ1v) is 7.91. The minimum atomic E-state index is -0.593. The van der Waals surface area contributed by atoms with E-state index in [2.05, 4.69) is 16.8 Å². The van der Waals surface area contributed by atoms with E-state index in [1.165, 1.54) is 18.2 Å². The first kappa shape index (κ1) is 15.9. The molecule has 2 aromatic heterocycles. The van der Waals surface area contributed by atoms with Gasteiger partial charge in [0.25, 0.3) is 0 Å². The zero-order valence-electron chi connectivity index (χ0n) is 13.6. The normalized spacial score (nSPS) is 10.5. The van der Waals surface area contributed by atoms with Crippen molar-refractivity contribution in [3.63, 3.8) is 0 Å². The molecule has 2 aromatic carbocycles. The van der Waals surface area contributed by atoms with Crippen LogP contribution in [0.2, 0.25) is 0 Å². The molecule has 5 heteroatoms.